The quantitative estimate of drug-likeness (QED) is 0.168. The van der Waals surface area contributed by atoms with Crippen LogP contribution in [-0.2, 0) is 0 Å². The maximum atomic E-state index is 2.45. The molecule has 0 spiro atoms. The van der Waals surface area contributed by atoms with E-state index in [9.17, 15) is 0 Å². The van der Waals surface area contributed by atoms with Gasteiger partial charge in [-0.15, -0.1) is 11.3 Å². The Morgan fingerprint density at radius 1 is 0.434 bits per heavy atom. The molecule has 0 aliphatic heterocycles. The number of hydrogen-bond acceptors (Lipinski definition) is 2. The molecule has 0 atom stereocenters. The molecule has 2 heterocycles. The topological polar surface area (TPSA) is 8.17 Å². The minimum atomic E-state index is 1.13. The maximum absolute atomic E-state index is 2.45. The molecule has 10 rings (SSSR count). The van der Waals surface area contributed by atoms with Gasteiger partial charge in [-0.3, -0.25) is 0 Å². The van der Waals surface area contributed by atoms with Crippen LogP contribution in [0.5, 0.6) is 0 Å². The van der Waals surface area contributed by atoms with Gasteiger partial charge in [0, 0.05) is 59.1 Å². The van der Waals surface area contributed by atoms with Gasteiger partial charge in [0.15, 0.2) is 0 Å². The SMILES string of the molecule is Cc1ccc(N(c2ccc(-c3ccccc3)c(C)c2)c2cc(-c3ccccc3-n3c4ccccc4c4ccccc43)c3sc4ccccc4c3c2)cc1. The van der Waals surface area contributed by atoms with Gasteiger partial charge in [0.05, 0.1) is 16.7 Å². The van der Waals surface area contributed by atoms with Gasteiger partial charge in [-0.2, -0.15) is 0 Å². The van der Waals surface area contributed by atoms with E-state index >= 15 is 0 Å². The van der Waals surface area contributed by atoms with E-state index in [1.807, 2.05) is 11.3 Å². The van der Waals surface area contributed by atoms with E-state index < -0.39 is 0 Å². The van der Waals surface area contributed by atoms with Crippen LogP contribution in [0.2, 0.25) is 0 Å². The second-order valence-corrected chi connectivity index (χ2v) is 14.9. The number of rotatable bonds is 6. The first-order chi connectivity index (χ1) is 26.1. The largest absolute Gasteiger partial charge is 0.310 e. The van der Waals surface area contributed by atoms with Crippen LogP contribution in [0.25, 0.3) is 69.9 Å². The molecule has 0 amide bonds. The predicted molar refractivity (Wildman–Crippen MR) is 229 cm³/mol. The Kier molecular flexibility index (Phi) is 7.48. The van der Waals surface area contributed by atoms with Gasteiger partial charge in [0.1, 0.15) is 0 Å². The van der Waals surface area contributed by atoms with Gasteiger partial charge >= 0.3 is 0 Å². The van der Waals surface area contributed by atoms with Gasteiger partial charge in [-0.25, -0.2) is 0 Å². The molecule has 0 saturated heterocycles. The van der Waals surface area contributed by atoms with Gasteiger partial charge in [-0.1, -0.05) is 127 Å². The van der Waals surface area contributed by atoms with E-state index in [0.29, 0.717) is 0 Å². The highest BCUT2D eigenvalue weighted by Crippen LogP contribution is 2.47. The molecule has 0 N–H and O–H groups in total. The van der Waals surface area contributed by atoms with Crippen molar-refractivity contribution in [2.24, 2.45) is 0 Å². The van der Waals surface area contributed by atoms with Crippen LogP contribution in [-0.4, -0.2) is 4.57 Å². The number of hydrogen-bond donors (Lipinski definition) is 0. The summed E-state index contributed by atoms with van der Waals surface area (Å²) in [5, 5.41) is 5.08. The fourth-order valence-corrected chi connectivity index (χ4v) is 9.30. The Bertz CT molecular complexity index is 2910. The summed E-state index contributed by atoms with van der Waals surface area (Å²) >= 11 is 1.88. The lowest BCUT2D eigenvalue weighted by Gasteiger charge is -2.27. The molecule has 0 unspecified atom stereocenters. The van der Waals surface area contributed by atoms with E-state index in [2.05, 4.69) is 205 Å². The van der Waals surface area contributed by atoms with Gasteiger partial charge in [0.25, 0.3) is 0 Å². The van der Waals surface area contributed by atoms with Crippen molar-refractivity contribution in [3.63, 3.8) is 0 Å². The zero-order valence-corrected chi connectivity index (χ0v) is 30.4. The number of thiophene rings is 1. The predicted octanol–water partition coefficient (Wildman–Crippen LogP) is 14.6. The lowest BCUT2D eigenvalue weighted by Crippen LogP contribution is -2.10. The third-order valence-electron chi connectivity index (χ3n) is 10.6. The highest BCUT2D eigenvalue weighted by Gasteiger charge is 2.22. The van der Waals surface area contributed by atoms with Crippen LogP contribution < -0.4 is 4.90 Å². The molecular weight excluding hydrogens is 661 g/mol. The highest BCUT2D eigenvalue weighted by atomic mass is 32.1. The number of fused-ring (bicyclic) bond motifs is 6. The standard InChI is InChI=1S/C50H36N2S/c1-33-24-26-36(27-25-33)51(37-28-29-39(34(2)30-37)35-14-4-3-5-15-35)38-31-44(50-45(32-38)43-19-9-13-23-49(43)53-50)42-18-8-12-22-48(42)52-46-20-10-6-16-40(46)41-17-7-11-21-47(41)52/h3-32H,1-2H3. The second kappa shape index (κ2) is 12.7. The van der Waals surface area contributed by atoms with Crippen molar-refractivity contribution >= 4 is 70.4 Å². The van der Waals surface area contributed by atoms with E-state index in [0.717, 1.165) is 17.1 Å². The van der Waals surface area contributed by atoms with Crippen molar-refractivity contribution in [3.05, 3.63) is 193 Å². The van der Waals surface area contributed by atoms with E-state index in [1.165, 1.54) is 81.0 Å². The molecule has 252 valence electrons. The normalized spacial score (nSPS) is 11.6. The Morgan fingerprint density at radius 3 is 1.79 bits per heavy atom. The summed E-state index contributed by atoms with van der Waals surface area (Å²) < 4.78 is 5.04. The van der Waals surface area contributed by atoms with Crippen LogP contribution >= 0.6 is 11.3 Å². The van der Waals surface area contributed by atoms with Crippen molar-refractivity contribution in [1.29, 1.82) is 0 Å². The lowest BCUT2D eigenvalue weighted by molar-refractivity contribution is 1.18. The maximum Gasteiger partial charge on any atom is 0.0541 e. The Labute approximate surface area is 313 Å². The van der Waals surface area contributed by atoms with Gasteiger partial charge < -0.3 is 9.47 Å². The van der Waals surface area contributed by atoms with E-state index in [4.69, 9.17) is 0 Å². The molecule has 3 heteroatoms. The van der Waals surface area contributed by atoms with Crippen LogP contribution in [0.15, 0.2) is 182 Å². The third-order valence-corrected chi connectivity index (χ3v) is 11.8. The molecule has 0 saturated carbocycles. The molecule has 0 aliphatic carbocycles. The Morgan fingerprint density at radius 2 is 1.06 bits per heavy atom. The van der Waals surface area contributed by atoms with Crippen LogP contribution in [0.3, 0.4) is 0 Å². The van der Waals surface area contributed by atoms with E-state index in [1.54, 1.807) is 0 Å². The number of aryl methyl sites for hydroxylation is 2. The summed E-state index contributed by atoms with van der Waals surface area (Å²) in [6.45, 7) is 4.38. The van der Waals surface area contributed by atoms with Crippen molar-refractivity contribution in [2.75, 3.05) is 4.90 Å². The molecule has 53 heavy (non-hydrogen) atoms. The Balaban J connectivity index is 1.26. The molecule has 0 radical (unpaired) electrons. The van der Waals surface area contributed by atoms with Crippen LogP contribution in [0.4, 0.5) is 17.1 Å². The number of para-hydroxylation sites is 3. The fourth-order valence-electron chi connectivity index (χ4n) is 8.09. The third kappa shape index (κ3) is 5.24. The molecule has 0 bridgehead atoms. The number of aromatic nitrogens is 1. The molecule has 2 aromatic heterocycles. The number of anilines is 3. The summed E-state index contributed by atoms with van der Waals surface area (Å²) in [6.07, 6.45) is 0. The number of nitrogens with zero attached hydrogens (tertiary/aromatic N) is 2. The number of benzene rings is 8. The summed E-state index contributed by atoms with van der Waals surface area (Å²) in [6, 6.07) is 66.7. The van der Waals surface area contributed by atoms with Crippen LogP contribution in [0.1, 0.15) is 11.1 Å². The van der Waals surface area contributed by atoms with E-state index in [-0.39, 0.29) is 0 Å². The van der Waals surface area contributed by atoms with Crippen molar-refractivity contribution in [3.8, 4) is 27.9 Å². The summed E-state index contributed by atoms with van der Waals surface area (Å²) in [5.41, 5.74) is 14.4. The van der Waals surface area contributed by atoms with Crippen molar-refractivity contribution < 1.29 is 0 Å². The monoisotopic (exact) mass is 696 g/mol. The first kappa shape index (κ1) is 31.3. The van der Waals surface area contributed by atoms with Gasteiger partial charge in [-0.05, 0) is 91.2 Å². The zero-order chi connectivity index (χ0) is 35.5. The second-order valence-electron chi connectivity index (χ2n) is 13.9. The Hall–Kier alpha value is -6.42. The minimum Gasteiger partial charge on any atom is -0.310 e. The average molecular weight is 697 g/mol. The summed E-state index contributed by atoms with van der Waals surface area (Å²) in [5.74, 6) is 0. The zero-order valence-electron chi connectivity index (χ0n) is 29.6. The molecule has 0 aliphatic rings. The smallest absolute Gasteiger partial charge is 0.0541 e. The first-order valence-electron chi connectivity index (χ1n) is 18.2. The molecule has 8 aromatic carbocycles. The van der Waals surface area contributed by atoms with Crippen LogP contribution in [0, 0.1) is 13.8 Å². The van der Waals surface area contributed by atoms with Gasteiger partial charge in [0.2, 0.25) is 0 Å². The highest BCUT2D eigenvalue weighted by molar-refractivity contribution is 7.26. The summed E-state index contributed by atoms with van der Waals surface area (Å²) in [7, 11) is 0. The lowest BCUT2D eigenvalue weighted by atomic mass is 9.97. The first-order valence-corrected chi connectivity index (χ1v) is 19.0. The molecule has 0 fully saturated rings. The van der Waals surface area contributed by atoms with Crippen molar-refractivity contribution in [1.82, 2.24) is 4.57 Å². The minimum absolute atomic E-state index is 1.13. The summed E-state index contributed by atoms with van der Waals surface area (Å²) in [4.78, 5) is 2.43. The molecule has 10 aromatic rings. The van der Waals surface area contributed by atoms with Crippen molar-refractivity contribution in [2.45, 2.75) is 13.8 Å². The average Bonchev–Trinajstić information content (AvgIpc) is 3.75. The molecular formula is C50H36N2S. The fraction of sp³-hybridized carbons (Fsp3) is 0.0400. The molecule has 2 nitrogen and oxygen atoms in total.